The summed E-state index contributed by atoms with van der Waals surface area (Å²) in [5.74, 6) is 1.70. The Labute approximate surface area is 96.9 Å². The Balaban J connectivity index is 2.91. The molecule has 0 spiro atoms. The lowest BCUT2D eigenvalue weighted by Crippen LogP contribution is -2.28. The number of rotatable bonds is 4. The van der Waals surface area contributed by atoms with Crippen LogP contribution in [0.4, 0.5) is 5.82 Å². The van der Waals surface area contributed by atoms with Crippen LogP contribution >= 0.6 is 0 Å². The summed E-state index contributed by atoms with van der Waals surface area (Å²) in [7, 11) is 0. The van der Waals surface area contributed by atoms with Crippen LogP contribution in [0, 0.1) is 31.1 Å². The van der Waals surface area contributed by atoms with Gasteiger partial charge in [0.05, 0.1) is 12.0 Å². The van der Waals surface area contributed by atoms with E-state index in [9.17, 15) is 0 Å². The number of hydrogen-bond donors (Lipinski definition) is 0. The second-order valence-electron chi connectivity index (χ2n) is 3.98. The molecule has 1 rings (SSSR count). The minimum Gasteiger partial charge on any atom is -0.355 e. The zero-order valence-electron chi connectivity index (χ0n) is 10.4. The van der Waals surface area contributed by atoms with Crippen molar-refractivity contribution in [2.75, 3.05) is 18.0 Å². The fraction of sp³-hybridized carbons (Fsp3) is 0.583. The average molecular weight is 218 g/mol. The summed E-state index contributed by atoms with van der Waals surface area (Å²) in [4.78, 5) is 10.8. The van der Waals surface area contributed by atoms with Crippen LogP contribution in [0.3, 0.4) is 0 Å². The van der Waals surface area contributed by atoms with Crippen LogP contribution in [0.25, 0.3) is 0 Å². The van der Waals surface area contributed by atoms with E-state index < -0.39 is 0 Å². The molecule has 0 aliphatic carbocycles. The topological polar surface area (TPSA) is 52.8 Å². The predicted octanol–water partition coefficient (Wildman–Crippen LogP) is 2.08. The van der Waals surface area contributed by atoms with Gasteiger partial charge in [-0.3, -0.25) is 0 Å². The lowest BCUT2D eigenvalue weighted by molar-refractivity contribution is 0.676. The minimum atomic E-state index is 0.00975. The van der Waals surface area contributed by atoms with Crippen molar-refractivity contribution < 1.29 is 0 Å². The van der Waals surface area contributed by atoms with Crippen LogP contribution in [-0.4, -0.2) is 23.1 Å². The van der Waals surface area contributed by atoms with E-state index in [2.05, 4.69) is 27.9 Å². The summed E-state index contributed by atoms with van der Waals surface area (Å²) in [5, 5.41) is 8.83. The van der Waals surface area contributed by atoms with Crippen molar-refractivity contribution in [2.24, 2.45) is 5.92 Å². The number of aromatic nitrogens is 2. The molecule has 1 aromatic heterocycles. The van der Waals surface area contributed by atoms with Gasteiger partial charge >= 0.3 is 0 Å². The third kappa shape index (κ3) is 3.20. The molecule has 1 atom stereocenters. The molecule has 0 saturated heterocycles. The Kier molecular flexibility index (Phi) is 4.24. The number of aryl methyl sites for hydroxylation is 2. The van der Waals surface area contributed by atoms with Gasteiger partial charge in [-0.25, -0.2) is 9.97 Å². The van der Waals surface area contributed by atoms with Crippen molar-refractivity contribution >= 4 is 5.82 Å². The standard InChI is InChI=1S/C12H18N4/c1-5-16(8-9(2)7-13)12-6-10(3)14-11(4)15-12/h6,9H,5,8H2,1-4H3. The maximum absolute atomic E-state index is 8.83. The molecule has 0 radical (unpaired) electrons. The number of anilines is 1. The molecular formula is C12H18N4. The lowest BCUT2D eigenvalue weighted by Gasteiger charge is -2.23. The van der Waals surface area contributed by atoms with E-state index in [1.165, 1.54) is 0 Å². The molecule has 86 valence electrons. The molecule has 0 N–H and O–H groups in total. The van der Waals surface area contributed by atoms with E-state index >= 15 is 0 Å². The summed E-state index contributed by atoms with van der Waals surface area (Å²) in [6.07, 6.45) is 0. The van der Waals surface area contributed by atoms with E-state index in [0.29, 0.717) is 6.54 Å². The first-order chi connectivity index (χ1) is 7.56. The van der Waals surface area contributed by atoms with Gasteiger partial charge in [0.1, 0.15) is 11.6 Å². The quantitative estimate of drug-likeness (QED) is 0.776. The normalized spacial score (nSPS) is 11.9. The summed E-state index contributed by atoms with van der Waals surface area (Å²) < 4.78 is 0. The monoisotopic (exact) mass is 218 g/mol. The fourth-order valence-corrected chi connectivity index (χ4v) is 1.62. The Morgan fingerprint density at radius 2 is 2.12 bits per heavy atom. The Morgan fingerprint density at radius 1 is 1.44 bits per heavy atom. The van der Waals surface area contributed by atoms with Gasteiger partial charge < -0.3 is 4.90 Å². The predicted molar refractivity (Wildman–Crippen MR) is 64.2 cm³/mol. The first-order valence-corrected chi connectivity index (χ1v) is 5.53. The van der Waals surface area contributed by atoms with Gasteiger partial charge in [-0.15, -0.1) is 0 Å². The van der Waals surface area contributed by atoms with Gasteiger partial charge in [0.2, 0.25) is 0 Å². The number of nitrogens with zero attached hydrogens (tertiary/aromatic N) is 4. The second-order valence-corrected chi connectivity index (χ2v) is 3.98. The summed E-state index contributed by atoms with van der Waals surface area (Å²) in [5.41, 5.74) is 0.963. The van der Waals surface area contributed by atoms with Crippen molar-refractivity contribution in [1.82, 2.24) is 9.97 Å². The lowest BCUT2D eigenvalue weighted by atomic mass is 10.2. The number of nitriles is 1. The Hall–Kier alpha value is -1.63. The average Bonchev–Trinajstić information content (AvgIpc) is 2.24. The molecule has 1 heterocycles. The maximum atomic E-state index is 8.83. The molecule has 0 aliphatic heterocycles. The SMILES string of the molecule is CCN(CC(C)C#N)c1cc(C)nc(C)n1. The van der Waals surface area contributed by atoms with Gasteiger partial charge in [0.15, 0.2) is 0 Å². The Morgan fingerprint density at radius 3 is 2.62 bits per heavy atom. The van der Waals surface area contributed by atoms with E-state index in [4.69, 9.17) is 5.26 Å². The minimum absolute atomic E-state index is 0.00975. The largest absolute Gasteiger partial charge is 0.355 e. The van der Waals surface area contributed by atoms with E-state index in [1.54, 1.807) is 0 Å². The van der Waals surface area contributed by atoms with Gasteiger partial charge in [-0.1, -0.05) is 0 Å². The van der Waals surface area contributed by atoms with Crippen LogP contribution in [0.5, 0.6) is 0 Å². The summed E-state index contributed by atoms with van der Waals surface area (Å²) in [6, 6.07) is 4.20. The summed E-state index contributed by atoms with van der Waals surface area (Å²) in [6.45, 7) is 9.39. The third-order valence-electron chi connectivity index (χ3n) is 2.37. The van der Waals surface area contributed by atoms with Crippen LogP contribution in [0.1, 0.15) is 25.4 Å². The first-order valence-electron chi connectivity index (χ1n) is 5.53. The Bertz CT molecular complexity index is 374. The van der Waals surface area contributed by atoms with Gasteiger partial charge in [0.25, 0.3) is 0 Å². The fourth-order valence-electron chi connectivity index (χ4n) is 1.62. The molecule has 0 fully saturated rings. The molecule has 1 aromatic rings. The van der Waals surface area contributed by atoms with Crippen molar-refractivity contribution in [3.05, 3.63) is 17.6 Å². The molecule has 0 amide bonds. The highest BCUT2D eigenvalue weighted by Gasteiger charge is 2.11. The molecule has 16 heavy (non-hydrogen) atoms. The van der Waals surface area contributed by atoms with Gasteiger partial charge in [0, 0.05) is 24.8 Å². The molecule has 4 nitrogen and oxygen atoms in total. The highest BCUT2D eigenvalue weighted by atomic mass is 15.2. The van der Waals surface area contributed by atoms with Crippen molar-refractivity contribution in [3.63, 3.8) is 0 Å². The highest BCUT2D eigenvalue weighted by Crippen LogP contribution is 2.13. The molecule has 0 aromatic carbocycles. The van der Waals surface area contributed by atoms with Crippen molar-refractivity contribution in [2.45, 2.75) is 27.7 Å². The first kappa shape index (κ1) is 12.4. The van der Waals surface area contributed by atoms with Crippen molar-refractivity contribution in [3.8, 4) is 6.07 Å². The van der Waals surface area contributed by atoms with Gasteiger partial charge in [-0.2, -0.15) is 5.26 Å². The molecular weight excluding hydrogens is 200 g/mol. The van der Waals surface area contributed by atoms with E-state index in [-0.39, 0.29) is 5.92 Å². The third-order valence-corrected chi connectivity index (χ3v) is 2.37. The number of hydrogen-bond acceptors (Lipinski definition) is 4. The molecule has 0 bridgehead atoms. The van der Waals surface area contributed by atoms with Crippen LogP contribution in [0.15, 0.2) is 6.07 Å². The van der Waals surface area contributed by atoms with Crippen molar-refractivity contribution in [1.29, 1.82) is 5.26 Å². The van der Waals surface area contributed by atoms with E-state index in [0.717, 1.165) is 23.9 Å². The summed E-state index contributed by atoms with van der Waals surface area (Å²) >= 11 is 0. The van der Waals surface area contributed by atoms with Gasteiger partial charge in [-0.05, 0) is 27.7 Å². The van der Waals surface area contributed by atoms with Crippen LogP contribution in [-0.2, 0) is 0 Å². The zero-order valence-corrected chi connectivity index (χ0v) is 10.4. The smallest absolute Gasteiger partial charge is 0.132 e. The highest BCUT2D eigenvalue weighted by molar-refractivity contribution is 5.39. The van der Waals surface area contributed by atoms with Crippen LogP contribution in [0.2, 0.25) is 0 Å². The molecule has 4 heteroatoms. The maximum Gasteiger partial charge on any atom is 0.132 e. The second kappa shape index (κ2) is 5.45. The van der Waals surface area contributed by atoms with E-state index in [1.807, 2.05) is 26.8 Å². The zero-order chi connectivity index (χ0) is 12.1. The molecule has 0 saturated carbocycles. The molecule has 0 aliphatic rings. The van der Waals surface area contributed by atoms with Crippen LogP contribution < -0.4 is 4.90 Å². The molecule has 1 unspecified atom stereocenters.